The fourth-order valence-corrected chi connectivity index (χ4v) is 5.28. The molecular formula is C25H36O12. The predicted octanol–water partition coefficient (Wildman–Crippen LogP) is -1.38. The minimum atomic E-state index is -1.64. The van der Waals surface area contributed by atoms with Crippen LogP contribution in [0.5, 0.6) is 0 Å². The molecule has 37 heavy (non-hydrogen) atoms. The summed E-state index contributed by atoms with van der Waals surface area (Å²) in [5.74, 6) is -1.73. The second kappa shape index (κ2) is 10.7. The first-order chi connectivity index (χ1) is 17.5. The van der Waals surface area contributed by atoms with Crippen molar-refractivity contribution in [3.8, 4) is 0 Å². The highest BCUT2D eigenvalue weighted by Crippen LogP contribution is 2.60. The van der Waals surface area contributed by atoms with E-state index >= 15 is 0 Å². The van der Waals surface area contributed by atoms with Gasteiger partial charge in [-0.3, -0.25) is 0 Å². The van der Waals surface area contributed by atoms with Crippen LogP contribution in [0.25, 0.3) is 0 Å². The van der Waals surface area contributed by atoms with Crippen LogP contribution in [0.2, 0.25) is 0 Å². The van der Waals surface area contributed by atoms with Crippen molar-refractivity contribution in [3.63, 3.8) is 0 Å². The lowest BCUT2D eigenvalue weighted by molar-refractivity contribution is -0.344. The van der Waals surface area contributed by atoms with Crippen LogP contribution in [0.15, 0.2) is 36.6 Å². The number of epoxide rings is 1. The molecule has 0 aromatic rings. The van der Waals surface area contributed by atoms with Crippen molar-refractivity contribution >= 4 is 5.97 Å². The average molecular weight is 529 g/mol. The lowest BCUT2D eigenvalue weighted by Crippen LogP contribution is -2.60. The van der Waals surface area contributed by atoms with Gasteiger partial charge < -0.3 is 54.3 Å². The molecule has 208 valence electrons. The van der Waals surface area contributed by atoms with Crippen LogP contribution in [-0.4, -0.2) is 110 Å². The Morgan fingerprint density at radius 2 is 1.92 bits per heavy atom. The van der Waals surface area contributed by atoms with E-state index < -0.39 is 91.4 Å². The predicted molar refractivity (Wildman–Crippen MR) is 124 cm³/mol. The van der Waals surface area contributed by atoms with Crippen molar-refractivity contribution in [1.29, 1.82) is 0 Å². The number of carbonyl (C=O) groups excluding carboxylic acids is 1. The van der Waals surface area contributed by atoms with Gasteiger partial charge in [-0.15, -0.1) is 6.58 Å². The van der Waals surface area contributed by atoms with Gasteiger partial charge in [0.2, 0.25) is 6.29 Å². The third-order valence-corrected chi connectivity index (χ3v) is 7.68. The molecule has 12 nitrogen and oxygen atoms in total. The van der Waals surface area contributed by atoms with Gasteiger partial charge in [0, 0.05) is 12.0 Å². The zero-order valence-corrected chi connectivity index (χ0v) is 20.8. The molecule has 2 saturated heterocycles. The van der Waals surface area contributed by atoms with E-state index in [9.17, 15) is 35.4 Å². The van der Waals surface area contributed by atoms with E-state index in [-0.39, 0.29) is 0 Å². The fourth-order valence-electron chi connectivity index (χ4n) is 5.28. The Labute approximate surface area is 214 Å². The summed E-state index contributed by atoms with van der Waals surface area (Å²) in [6, 6.07) is 0. The quantitative estimate of drug-likeness (QED) is 0.0846. The van der Waals surface area contributed by atoms with Gasteiger partial charge >= 0.3 is 5.97 Å². The Kier molecular flexibility index (Phi) is 8.15. The molecule has 3 fully saturated rings. The van der Waals surface area contributed by atoms with Crippen LogP contribution >= 0.6 is 0 Å². The Bertz CT molecular complexity index is 915. The molecule has 3 aliphatic heterocycles. The van der Waals surface area contributed by atoms with E-state index in [0.717, 1.165) is 0 Å². The van der Waals surface area contributed by atoms with Crippen LogP contribution in [0, 0.1) is 11.8 Å². The van der Waals surface area contributed by atoms with Gasteiger partial charge in [-0.25, -0.2) is 4.79 Å². The van der Waals surface area contributed by atoms with E-state index in [0.29, 0.717) is 18.4 Å². The maximum atomic E-state index is 12.7. The van der Waals surface area contributed by atoms with Crippen molar-refractivity contribution in [2.75, 3.05) is 13.2 Å². The Hall–Kier alpha value is -1.87. The summed E-state index contributed by atoms with van der Waals surface area (Å²) in [7, 11) is 0. The number of esters is 1. The van der Waals surface area contributed by atoms with Crippen molar-refractivity contribution in [3.05, 3.63) is 36.6 Å². The third kappa shape index (κ3) is 5.35. The summed E-state index contributed by atoms with van der Waals surface area (Å²) < 4.78 is 28.4. The molecule has 0 bridgehead atoms. The summed E-state index contributed by atoms with van der Waals surface area (Å²) in [6.07, 6.45) is -3.30. The fraction of sp³-hybridized carbons (Fsp3) is 0.720. The van der Waals surface area contributed by atoms with Crippen LogP contribution < -0.4 is 0 Å². The van der Waals surface area contributed by atoms with Crippen LogP contribution in [0.1, 0.15) is 26.7 Å². The van der Waals surface area contributed by atoms with Gasteiger partial charge in [0.1, 0.15) is 42.2 Å². The van der Waals surface area contributed by atoms with Crippen molar-refractivity contribution < 1.29 is 59.1 Å². The van der Waals surface area contributed by atoms with Gasteiger partial charge in [-0.05, 0) is 32.8 Å². The Morgan fingerprint density at radius 1 is 1.19 bits per heavy atom. The van der Waals surface area contributed by atoms with Crippen LogP contribution in [0.4, 0.5) is 0 Å². The summed E-state index contributed by atoms with van der Waals surface area (Å²) in [6.45, 7) is 5.94. The zero-order chi connectivity index (χ0) is 27.1. The number of ether oxygens (including phenoxy) is 5. The topological polar surface area (TPSA) is 188 Å². The molecule has 0 aromatic heterocycles. The molecule has 0 aromatic carbocycles. The molecule has 1 aliphatic carbocycles. The van der Waals surface area contributed by atoms with Gasteiger partial charge in [0.15, 0.2) is 6.29 Å². The third-order valence-electron chi connectivity index (χ3n) is 7.68. The van der Waals surface area contributed by atoms with Crippen molar-refractivity contribution in [2.45, 2.75) is 87.1 Å². The first-order valence-electron chi connectivity index (χ1n) is 12.3. The van der Waals surface area contributed by atoms with E-state index in [1.165, 1.54) is 18.4 Å². The molecule has 12 atom stereocenters. The molecule has 3 heterocycles. The molecule has 0 radical (unpaired) electrons. The maximum Gasteiger partial charge on any atom is 0.331 e. The van der Waals surface area contributed by atoms with Gasteiger partial charge in [0.05, 0.1) is 31.0 Å². The Morgan fingerprint density at radius 3 is 2.57 bits per heavy atom. The number of fused-ring (bicyclic) bond motifs is 3. The second-order valence-corrected chi connectivity index (χ2v) is 10.4. The Balaban J connectivity index is 1.45. The van der Waals surface area contributed by atoms with E-state index in [2.05, 4.69) is 6.58 Å². The average Bonchev–Trinajstić information content (AvgIpc) is 3.55. The largest absolute Gasteiger partial charge is 0.472 e. The number of allylic oxidation sites excluding steroid dienone is 1. The maximum absolute atomic E-state index is 12.7. The normalized spacial score (nSPS) is 44.3. The first-order valence-corrected chi connectivity index (χ1v) is 12.3. The van der Waals surface area contributed by atoms with Crippen molar-refractivity contribution in [2.24, 2.45) is 11.8 Å². The minimum absolute atomic E-state index is 0.386. The standard InChI is InChI=1S/C25H36O12/c1-4-24(3,32)7-5-12(2)9-15(28)35-20-13-6-8-33-22(16(13)25(11-27)21(20)37-25)36-23-19(31)18(30)17(29)14(10-26)34-23/h4,6,8-9,13-14,16-23,26-27,29-32H,1,5,7,10-11H2,2-3H3/b12-9+/t13-,14?,16-,17?,18?,19?,20+,21+,22+,23?,24-,25-/m1/s1. The van der Waals surface area contributed by atoms with Gasteiger partial charge in [-0.1, -0.05) is 11.6 Å². The number of carbonyl (C=O) groups is 1. The van der Waals surface area contributed by atoms with Gasteiger partial charge in [-0.2, -0.15) is 0 Å². The van der Waals surface area contributed by atoms with Gasteiger partial charge in [0.25, 0.3) is 0 Å². The smallest absolute Gasteiger partial charge is 0.331 e. The van der Waals surface area contributed by atoms with E-state index in [1.54, 1.807) is 19.9 Å². The lowest BCUT2D eigenvalue weighted by atomic mass is 9.85. The highest BCUT2D eigenvalue weighted by molar-refractivity contribution is 5.83. The number of aliphatic hydroxyl groups is 6. The monoisotopic (exact) mass is 528 g/mol. The molecule has 1 saturated carbocycles. The summed E-state index contributed by atoms with van der Waals surface area (Å²) in [4.78, 5) is 12.7. The zero-order valence-electron chi connectivity index (χ0n) is 20.8. The summed E-state index contributed by atoms with van der Waals surface area (Å²) >= 11 is 0. The molecule has 12 heteroatoms. The molecule has 6 N–H and O–H groups in total. The molecule has 4 aliphatic rings. The number of hydrogen-bond acceptors (Lipinski definition) is 12. The van der Waals surface area contributed by atoms with Crippen LogP contribution in [-0.2, 0) is 28.5 Å². The molecule has 0 amide bonds. The van der Waals surface area contributed by atoms with E-state index in [1.807, 2.05) is 0 Å². The van der Waals surface area contributed by atoms with Crippen molar-refractivity contribution in [1.82, 2.24) is 0 Å². The highest BCUT2D eigenvalue weighted by atomic mass is 16.8. The first kappa shape index (κ1) is 28.1. The second-order valence-electron chi connectivity index (χ2n) is 10.4. The lowest BCUT2D eigenvalue weighted by Gasteiger charge is -2.43. The molecule has 4 rings (SSSR count). The molecule has 5 unspecified atom stereocenters. The van der Waals surface area contributed by atoms with Crippen LogP contribution in [0.3, 0.4) is 0 Å². The molecular weight excluding hydrogens is 492 g/mol. The SMILES string of the molecule is C=C[C@@](C)(O)CC/C(C)=C/C(=O)O[C@H]1[C@@H]2C=CO[C@@H](OC3OC(CO)C(O)C(O)C3O)[C@@H]2[C@@]2(CO)O[C@@H]12. The van der Waals surface area contributed by atoms with E-state index in [4.69, 9.17) is 23.7 Å². The number of aliphatic hydroxyl groups excluding tert-OH is 5. The molecule has 0 spiro atoms. The highest BCUT2D eigenvalue weighted by Gasteiger charge is 2.77. The summed E-state index contributed by atoms with van der Waals surface area (Å²) in [5.41, 5.74) is -1.47. The number of rotatable bonds is 10. The number of hydrogen-bond donors (Lipinski definition) is 6. The minimum Gasteiger partial charge on any atom is -0.472 e. The summed E-state index contributed by atoms with van der Waals surface area (Å²) in [5, 5.41) is 60.1.